The molecule has 0 saturated carbocycles. The van der Waals surface area contributed by atoms with Crippen LogP contribution in [0.1, 0.15) is 44.6 Å². The molecule has 4 heteroatoms. The van der Waals surface area contributed by atoms with E-state index in [0.29, 0.717) is 19.4 Å². The van der Waals surface area contributed by atoms with Gasteiger partial charge in [-0.15, -0.1) is 6.58 Å². The fourth-order valence-electron chi connectivity index (χ4n) is 2.31. The Labute approximate surface area is 151 Å². The van der Waals surface area contributed by atoms with E-state index in [2.05, 4.69) is 20.1 Å². The summed E-state index contributed by atoms with van der Waals surface area (Å²) in [6.45, 7) is 9.91. The van der Waals surface area contributed by atoms with Crippen molar-refractivity contribution in [2.24, 2.45) is 0 Å². The zero-order valence-corrected chi connectivity index (χ0v) is 15.4. The minimum atomic E-state index is -0.607. The van der Waals surface area contributed by atoms with Gasteiger partial charge in [-0.25, -0.2) is 4.79 Å². The van der Waals surface area contributed by atoms with Crippen LogP contribution in [-0.4, -0.2) is 25.3 Å². The number of hydrogen-bond donors (Lipinski definition) is 0. The first-order chi connectivity index (χ1) is 12.1. The van der Waals surface area contributed by atoms with E-state index in [0.717, 1.165) is 30.6 Å². The third-order valence-corrected chi connectivity index (χ3v) is 3.88. The van der Waals surface area contributed by atoms with Crippen LogP contribution in [0, 0.1) is 0 Å². The molecular weight excluding hydrogens is 318 g/mol. The highest BCUT2D eigenvalue weighted by Gasteiger charge is 2.22. The van der Waals surface area contributed by atoms with Crippen molar-refractivity contribution in [2.45, 2.75) is 57.8 Å². The van der Waals surface area contributed by atoms with E-state index < -0.39 is 6.10 Å². The molecule has 0 bridgehead atoms. The zero-order valence-electron chi connectivity index (χ0n) is 15.4. The summed E-state index contributed by atoms with van der Waals surface area (Å²) in [4.78, 5) is 12.5. The highest BCUT2D eigenvalue weighted by molar-refractivity contribution is 5.75. The summed E-state index contributed by atoms with van der Waals surface area (Å²) < 4.78 is 16.5. The summed E-state index contributed by atoms with van der Waals surface area (Å²) in [5.74, 6) is 0.451. The van der Waals surface area contributed by atoms with Crippen molar-refractivity contribution in [1.82, 2.24) is 0 Å². The van der Waals surface area contributed by atoms with Crippen molar-refractivity contribution < 1.29 is 19.0 Å². The van der Waals surface area contributed by atoms with Gasteiger partial charge in [0.05, 0.1) is 13.7 Å². The van der Waals surface area contributed by atoms with Gasteiger partial charge in [0.15, 0.2) is 6.10 Å². The molecule has 0 saturated heterocycles. The number of carbonyl (C=O) groups is 1. The first-order valence-corrected chi connectivity index (χ1v) is 8.83. The molecule has 0 spiro atoms. The summed E-state index contributed by atoms with van der Waals surface area (Å²) in [5.41, 5.74) is 0.975. The molecule has 25 heavy (non-hydrogen) atoms. The smallest absolute Gasteiger partial charge is 0.335 e. The molecule has 0 amide bonds. The molecule has 0 fully saturated rings. The second-order valence-electron chi connectivity index (χ2n) is 5.87. The normalized spacial score (nSPS) is 12.9. The fourth-order valence-corrected chi connectivity index (χ4v) is 2.31. The Morgan fingerprint density at radius 3 is 2.48 bits per heavy atom. The SMILES string of the molecule is C=CCC[13CH](OCc1ccc(OC)cc1)[13C](=O)O[C@@H](C=C)CCCC. The van der Waals surface area contributed by atoms with Gasteiger partial charge in [-0.3, -0.25) is 0 Å². The van der Waals surface area contributed by atoms with Crippen LogP contribution in [0.5, 0.6) is 5.75 Å². The molecule has 4 nitrogen and oxygen atoms in total. The maximum atomic E-state index is 12.5. The molecule has 0 heterocycles. The molecule has 0 aliphatic carbocycles. The number of allylic oxidation sites excluding steroid dienone is 1. The predicted octanol–water partition coefficient (Wildman–Crippen LogP) is 4.83. The number of methoxy groups -OCH3 is 1. The zero-order chi connectivity index (χ0) is 18.5. The van der Waals surface area contributed by atoms with Crippen LogP contribution in [0.25, 0.3) is 0 Å². The molecule has 0 radical (unpaired) electrons. The number of esters is 1. The van der Waals surface area contributed by atoms with Gasteiger partial charge in [-0.05, 0) is 43.4 Å². The fraction of sp³-hybridized carbons (Fsp3) is 0.476. The number of unbranched alkanes of at least 4 members (excludes halogenated alkanes) is 1. The quantitative estimate of drug-likeness (QED) is 0.291. The molecule has 138 valence electrons. The van der Waals surface area contributed by atoms with Crippen LogP contribution < -0.4 is 4.74 Å². The summed E-state index contributed by atoms with van der Waals surface area (Å²) in [6, 6.07) is 7.58. The lowest BCUT2D eigenvalue weighted by atomic mass is 10.2. The van der Waals surface area contributed by atoms with E-state index in [1.54, 1.807) is 19.3 Å². The second-order valence-corrected chi connectivity index (χ2v) is 5.87. The predicted molar refractivity (Wildman–Crippen MR) is 101 cm³/mol. The summed E-state index contributed by atoms with van der Waals surface area (Å²) in [6.07, 6.45) is 6.67. The Morgan fingerprint density at radius 2 is 1.92 bits per heavy atom. The lowest BCUT2D eigenvalue weighted by molar-refractivity contribution is -0.162. The minimum Gasteiger partial charge on any atom is -0.497 e. The maximum absolute atomic E-state index is 12.5. The lowest BCUT2D eigenvalue weighted by Gasteiger charge is -2.20. The van der Waals surface area contributed by atoms with E-state index in [9.17, 15) is 4.79 Å². The van der Waals surface area contributed by atoms with Crippen LogP contribution in [-0.2, 0) is 20.9 Å². The molecule has 0 aliphatic rings. The average molecular weight is 348 g/mol. The number of rotatable bonds is 13. The maximum Gasteiger partial charge on any atom is 0.335 e. The van der Waals surface area contributed by atoms with Crippen LogP contribution in [0.3, 0.4) is 0 Å². The third-order valence-electron chi connectivity index (χ3n) is 3.88. The average Bonchev–Trinajstić information content (AvgIpc) is 2.65. The molecule has 1 aromatic carbocycles. The van der Waals surface area contributed by atoms with Gasteiger partial charge in [0, 0.05) is 0 Å². The molecule has 0 aliphatic heterocycles. The summed E-state index contributed by atoms with van der Waals surface area (Å²) in [5, 5.41) is 0. The topological polar surface area (TPSA) is 44.8 Å². The third kappa shape index (κ3) is 8.03. The van der Waals surface area contributed by atoms with E-state index >= 15 is 0 Å². The Morgan fingerprint density at radius 1 is 1.20 bits per heavy atom. The van der Waals surface area contributed by atoms with Crippen LogP contribution in [0.4, 0.5) is 0 Å². The van der Waals surface area contributed by atoms with Gasteiger partial charge in [0.25, 0.3) is 0 Å². The van der Waals surface area contributed by atoms with E-state index in [1.807, 2.05) is 24.3 Å². The van der Waals surface area contributed by atoms with Crippen LogP contribution in [0.2, 0.25) is 0 Å². The Bertz CT molecular complexity index is 521. The van der Waals surface area contributed by atoms with E-state index in [4.69, 9.17) is 14.2 Å². The van der Waals surface area contributed by atoms with Gasteiger partial charge < -0.3 is 14.2 Å². The standard InChI is InChI=1S/C21H30O4/c1-5-8-10-18(7-3)25-21(22)20(11-9-6-2)24-16-17-12-14-19(23-4)15-13-17/h6-7,12-15,18,20H,2-3,5,8-11,16H2,1,4H3/t18-,20?/m0/s1/i20+1,21+1. The number of ether oxygens (including phenoxy) is 3. The summed E-state index contributed by atoms with van der Waals surface area (Å²) in [7, 11) is 1.63. The minimum absolute atomic E-state index is 0.261. The van der Waals surface area contributed by atoms with E-state index in [-0.39, 0.29) is 12.1 Å². The number of benzene rings is 1. The van der Waals surface area contributed by atoms with Gasteiger partial charge in [-0.1, -0.05) is 44.2 Å². The molecule has 1 unspecified atom stereocenters. The van der Waals surface area contributed by atoms with Gasteiger partial charge in [0.1, 0.15) is 11.9 Å². The van der Waals surface area contributed by atoms with Crippen molar-refractivity contribution in [3.05, 3.63) is 55.1 Å². The van der Waals surface area contributed by atoms with Crippen molar-refractivity contribution in [2.75, 3.05) is 7.11 Å². The van der Waals surface area contributed by atoms with Crippen LogP contribution >= 0.6 is 0 Å². The van der Waals surface area contributed by atoms with Gasteiger partial charge >= 0.3 is 5.97 Å². The molecule has 1 rings (SSSR count). The summed E-state index contributed by atoms with van der Waals surface area (Å²) >= 11 is 0. The number of carbonyl (C=O) groups excluding carboxylic acids is 1. The van der Waals surface area contributed by atoms with Gasteiger partial charge in [-0.2, -0.15) is 0 Å². The first kappa shape index (κ1) is 21.0. The highest BCUT2D eigenvalue weighted by atomic mass is 16.7. The van der Waals surface area contributed by atoms with E-state index in [1.165, 1.54) is 0 Å². The largest absolute Gasteiger partial charge is 0.497 e. The second kappa shape index (κ2) is 12.3. The Balaban J connectivity index is 2.62. The lowest BCUT2D eigenvalue weighted by Crippen LogP contribution is -2.29. The molecular formula is C21H30O4. The van der Waals surface area contributed by atoms with Gasteiger partial charge in [0.2, 0.25) is 0 Å². The van der Waals surface area contributed by atoms with Crippen molar-refractivity contribution in [3.8, 4) is 5.75 Å². The highest BCUT2D eigenvalue weighted by Crippen LogP contribution is 2.16. The van der Waals surface area contributed by atoms with Crippen molar-refractivity contribution >= 4 is 5.97 Å². The molecule has 0 N–H and O–H groups in total. The van der Waals surface area contributed by atoms with Crippen LogP contribution in [0.15, 0.2) is 49.6 Å². The monoisotopic (exact) mass is 348 g/mol. The Kier molecular flexibility index (Phi) is 10.3. The molecule has 1 aromatic rings. The van der Waals surface area contributed by atoms with Crippen molar-refractivity contribution in [1.29, 1.82) is 0 Å². The Hall–Kier alpha value is -2.07. The first-order valence-electron chi connectivity index (χ1n) is 8.83. The molecule has 0 aromatic heterocycles. The molecule has 2 atom stereocenters. The number of hydrogen-bond acceptors (Lipinski definition) is 4. The van der Waals surface area contributed by atoms with Crippen molar-refractivity contribution in [3.63, 3.8) is 0 Å².